The largest absolute Gasteiger partial charge is 0.393 e. The summed E-state index contributed by atoms with van der Waals surface area (Å²) in [6.45, 7) is 2.91. The molecule has 15 heavy (non-hydrogen) atoms. The lowest BCUT2D eigenvalue weighted by atomic mass is 10.1. The number of hydrogen-bond acceptors (Lipinski definition) is 4. The molecule has 0 aliphatic carbocycles. The van der Waals surface area contributed by atoms with Crippen LogP contribution in [0.25, 0.3) is 0 Å². The Morgan fingerprint density at radius 3 is 3.20 bits per heavy atom. The lowest BCUT2D eigenvalue weighted by molar-refractivity contribution is 0.194. The van der Waals surface area contributed by atoms with E-state index in [9.17, 15) is 5.11 Å². The molecule has 1 aliphatic heterocycles. The molecule has 2 heterocycles. The summed E-state index contributed by atoms with van der Waals surface area (Å²) >= 11 is 1.71. The number of aromatic nitrogens is 1. The summed E-state index contributed by atoms with van der Waals surface area (Å²) in [6.07, 6.45) is 4.15. The quantitative estimate of drug-likeness (QED) is 0.827. The van der Waals surface area contributed by atoms with Crippen LogP contribution in [0.4, 0.5) is 0 Å². The molecule has 1 aromatic heterocycles. The highest BCUT2D eigenvalue weighted by Crippen LogP contribution is 2.25. The van der Waals surface area contributed by atoms with Crippen molar-refractivity contribution in [3.63, 3.8) is 0 Å². The van der Waals surface area contributed by atoms with Gasteiger partial charge in [0, 0.05) is 11.8 Å². The van der Waals surface area contributed by atoms with Gasteiger partial charge >= 0.3 is 0 Å². The number of aliphatic hydroxyl groups excluding tert-OH is 1. The molecule has 2 N–H and O–H groups in total. The predicted molar refractivity (Wildman–Crippen MR) is 62.1 cm³/mol. The number of aliphatic hydroxyl groups is 1. The number of piperidine rings is 1. The van der Waals surface area contributed by atoms with Crippen LogP contribution in [0.5, 0.6) is 0 Å². The molecule has 4 heteroatoms. The fraction of sp³-hybridized carbons (Fsp3) is 0.727. The van der Waals surface area contributed by atoms with Gasteiger partial charge < -0.3 is 10.4 Å². The number of nitrogens with one attached hydrogen (secondary N) is 1. The maximum absolute atomic E-state index is 9.27. The van der Waals surface area contributed by atoms with Crippen LogP contribution in [0.2, 0.25) is 0 Å². The zero-order valence-corrected chi connectivity index (χ0v) is 9.89. The van der Waals surface area contributed by atoms with E-state index in [1.54, 1.807) is 18.3 Å². The van der Waals surface area contributed by atoms with E-state index in [1.165, 1.54) is 24.3 Å². The average Bonchev–Trinajstić information content (AvgIpc) is 2.67. The van der Waals surface area contributed by atoms with Gasteiger partial charge in [0.1, 0.15) is 5.01 Å². The first-order valence-corrected chi connectivity index (χ1v) is 6.49. The minimum absolute atomic E-state index is 0.292. The van der Waals surface area contributed by atoms with E-state index in [4.69, 9.17) is 0 Å². The molecule has 0 aromatic carbocycles. The molecule has 0 bridgehead atoms. The SMILES string of the molecule is CC(O)Cc1csc(C2CCCCN2)n1. The minimum Gasteiger partial charge on any atom is -0.393 e. The standard InChI is InChI=1S/C11H18N2OS/c1-8(14)6-9-7-15-11(13-9)10-4-2-3-5-12-10/h7-8,10,12,14H,2-6H2,1H3. The molecule has 1 aliphatic rings. The van der Waals surface area contributed by atoms with Crippen LogP contribution >= 0.6 is 11.3 Å². The number of thiazole rings is 1. The van der Waals surface area contributed by atoms with Crippen LogP contribution < -0.4 is 5.32 Å². The van der Waals surface area contributed by atoms with Gasteiger partial charge in [0.25, 0.3) is 0 Å². The van der Waals surface area contributed by atoms with Crippen LogP contribution in [-0.2, 0) is 6.42 Å². The van der Waals surface area contributed by atoms with E-state index >= 15 is 0 Å². The molecule has 1 aromatic rings. The first-order chi connectivity index (χ1) is 7.25. The van der Waals surface area contributed by atoms with Crippen molar-refractivity contribution in [1.82, 2.24) is 10.3 Å². The Hall–Kier alpha value is -0.450. The molecule has 0 saturated carbocycles. The number of rotatable bonds is 3. The molecular weight excluding hydrogens is 208 g/mol. The normalized spacial score (nSPS) is 24.0. The summed E-state index contributed by atoms with van der Waals surface area (Å²) in [7, 11) is 0. The Bertz CT molecular complexity index is 305. The summed E-state index contributed by atoms with van der Waals surface area (Å²) in [5.41, 5.74) is 1.03. The zero-order valence-electron chi connectivity index (χ0n) is 9.07. The van der Waals surface area contributed by atoms with Crippen LogP contribution in [0.3, 0.4) is 0 Å². The topological polar surface area (TPSA) is 45.1 Å². The molecule has 1 fully saturated rings. The van der Waals surface area contributed by atoms with Crippen LogP contribution in [0.15, 0.2) is 5.38 Å². The number of nitrogens with zero attached hydrogens (tertiary/aromatic N) is 1. The monoisotopic (exact) mass is 226 g/mol. The maximum atomic E-state index is 9.27. The number of hydrogen-bond donors (Lipinski definition) is 2. The summed E-state index contributed by atoms with van der Waals surface area (Å²) in [6, 6.07) is 0.450. The molecule has 1 saturated heterocycles. The van der Waals surface area contributed by atoms with Crippen molar-refractivity contribution in [2.24, 2.45) is 0 Å². The predicted octanol–water partition coefficient (Wildman–Crippen LogP) is 1.88. The highest BCUT2D eigenvalue weighted by molar-refractivity contribution is 7.09. The van der Waals surface area contributed by atoms with Gasteiger partial charge in [-0.1, -0.05) is 6.42 Å². The molecular formula is C11H18N2OS. The Morgan fingerprint density at radius 2 is 2.53 bits per heavy atom. The third-order valence-corrected chi connectivity index (χ3v) is 3.69. The highest BCUT2D eigenvalue weighted by atomic mass is 32.1. The van der Waals surface area contributed by atoms with Crippen LogP contribution in [-0.4, -0.2) is 22.7 Å². The van der Waals surface area contributed by atoms with Crippen molar-refractivity contribution in [3.8, 4) is 0 Å². The second kappa shape index (κ2) is 5.05. The van der Waals surface area contributed by atoms with Gasteiger partial charge in [-0.05, 0) is 26.3 Å². The van der Waals surface area contributed by atoms with Crippen molar-refractivity contribution in [2.75, 3.05) is 6.54 Å². The molecule has 0 spiro atoms. The first-order valence-electron chi connectivity index (χ1n) is 5.61. The third-order valence-electron chi connectivity index (χ3n) is 2.68. The van der Waals surface area contributed by atoms with E-state index in [1.807, 2.05) is 0 Å². The molecule has 2 rings (SSSR count). The van der Waals surface area contributed by atoms with Crippen LogP contribution in [0.1, 0.15) is 42.9 Å². The minimum atomic E-state index is -0.292. The summed E-state index contributed by atoms with van der Waals surface area (Å²) in [5.74, 6) is 0. The van der Waals surface area contributed by atoms with Gasteiger partial charge in [0.05, 0.1) is 17.8 Å². The zero-order chi connectivity index (χ0) is 10.7. The molecule has 0 radical (unpaired) electrons. The maximum Gasteiger partial charge on any atom is 0.110 e. The fourth-order valence-electron chi connectivity index (χ4n) is 1.94. The summed E-state index contributed by atoms with van der Waals surface area (Å²) in [5, 5.41) is 16.0. The summed E-state index contributed by atoms with van der Waals surface area (Å²) in [4.78, 5) is 4.57. The van der Waals surface area contributed by atoms with E-state index in [2.05, 4.69) is 15.7 Å². The Morgan fingerprint density at radius 1 is 1.67 bits per heavy atom. The Balaban J connectivity index is 1.99. The second-order valence-electron chi connectivity index (χ2n) is 4.23. The van der Waals surface area contributed by atoms with Gasteiger partial charge in [-0.2, -0.15) is 0 Å². The van der Waals surface area contributed by atoms with Gasteiger partial charge in [-0.3, -0.25) is 0 Å². The van der Waals surface area contributed by atoms with E-state index in [-0.39, 0.29) is 6.10 Å². The smallest absolute Gasteiger partial charge is 0.110 e. The first kappa shape index (κ1) is 11.0. The average molecular weight is 226 g/mol. The molecule has 0 amide bonds. The Labute approximate surface area is 94.5 Å². The van der Waals surface area contributed by atoms with E-state index in [0.717, 1.165) is 12.2 Å². The third kappa shape index (κ3) is 3.00. The van der Waals surface area contributed by atoms with E-state index < -0.39 is 0 Å². The highest BCUT2D eigenvalue weighted by Gasteiger charge is 2.18. The van der Waals surface area contributed by atoms with Crippen molar-refractivity contribution in [1.29, 1.82) is 0 Å². The van der Waals surface area contributed by atoms with Crippen LogP contribution in [0, 0.1) is 0 Å². The molecule has 2 atom stereocenters. The van der Waals surface area contributed by atoms with Gasteiger partial charge in [0.2, 0.25) is 0 Å². The second-order valence-corrected chi connectivity index (χ2v) is 5.12. The van der Waals surface area contributed by atoms with Gasteiger partial charge in [-0.25, -0.2) is 4.98 Å². The molecule has 84 valence electrons. The summed E-state index contributed by atoms with van der Waals surface area (Å²) < 4.78 is 0. The van der Waals surface area contributed by atoms with Crippen molar-refractivity contribution < 1.29 is 5.11 Å². The lowest BCUT2D eigenvalue weighted by Gasteiger charge is -2.21. The Kier molecular flexibility index (Phi) is 3.72. The fourth-order valence-corrected chi connectivity index (χ4v) is 2.88. The van der Waals surface area contributed by atoms with Crippen molar-refractivity contribution >= 4 is 11.3 Å². The van der Waals surface area contributed by atoms with Crippen molar-refractivity contribution in [3.05, 3.63) is 16.1 Å². The van der Waals surface area contributed by atoms with Crippen molar-refractivity contribution in [2.45, 2.75) is 44.8 Å². The van der Waals surface area contributed by atoms with Gasteiger partial charge in [0.15, 0.2) is 0 Å². The lowest BCUT2D eigenvalue weighted by Crippen LogP contribution is -2.26. The van der Waals surface area contributed by atoms with E-state index in [0.29, 0.717) is 12.5 Å². The molecule has 2 unspecified atom stereocenters. The molecule has 3 nitrogen and oxygen atoms in total. The van der Waals surface area contributed by atoms with Gasteiger partial charge in [-0.15, -0.1) is 11.3 Å².